The predicted octanol–water partition coefficient (Wildman–Crippen LogP) is 3.27. The first-order valence-electron chi connectivity index (χ1n) is 6.46. The number of hydrogen-bond donors (Lipinski definition) is 0. The Morgan fingerprint density at radius 3 is 3.05 bits per heavy atom. The molecule has 4 rings (SSSR count). The van der Waals surface area contributed by atoms with Gasteiger partial charge in [0, 0.05) is 18.0 Å². The highest BCUT2D eigenvalue weighted by atomic mass is 79.9. The van der Waals surface area contributed by atoms with Gasteiger partial charge in [-0.2, -0.15) is 0 Å². The molecule has 0 aliphatic heterocycles. The van der Waals surface area contributed by atoms with Gasteiger partial charge in [0.05, 0.1) is 23.0 Å². The van der Waals surface area contributed by atoms with Gasteiger partial charge in [-0.15, -0.1) is 0 Å². The zero-order valence-corrected chi connectivity index (χ0v) is 12.5. The molecule has 0 spiro atoms. The van der Waals surface area contributed by atoms with Crippen LogP contribution in [0.5, 0.6) is 5.75 Å². The van der Waals surface area contributed by atoms with Gasteiger partial charge in [-0.3, -0.25) is 4.40 Å². The first-order valence-corrected chi connectivity index (χ1v) is 7.25. The summed E-state index contributed by atoms with van der Waals surface area (Å²) in [5, 5.41) is 0. The molecule has 2 aromatic heterocycles. The highest BCUT2D eigenvalue weighted by Gasteiger charge is 2.22. The Hall–Kier alpha value is -1.88. The molecule has 4 nitrogen and oxygen atoms in total. The summed E-state index contributed by atoms with van der Waals surface area (Å²) in [5.41, 5.74) is 4.75. The molecule has 0 saturated carbocycles. The molecular formula is C15H12BrN3O. The van der Waals surface area contributed by atoms with Crippen LogP contribution in [0.4, 0.5) is 0 Å². The Morgan fingerprint density at radius 1 is 1.30 bits per heavy atom. The van der Waals surface area contributed by atoms with Gasteiger partial charge in [-0.1, -0.05) is 0 Å². The smallest absolute Gasteiger partial charge is 0.234 e. The van der Waals surface area contributed by atoms with E-state index >= 15 is 0 Å². The van der Waals surface area contributed by atoms with E-state index < -0.39 is 0 Å². The van der Waals surface area contributed by atoms with Crippen LogP contribution in [0, 0.1) is 0 Å². The predicted molar refractivity (Wildman–Crippen MR) is 80.1 cm³/mol. The van der Waals surface area contributed by atoms with Crippen molar-refractivity contribution in [2.24, 2.45) is 0 Å². The van der Waals surface area contributed by atoms with Gasteiger partial charge in [-0.25, -0.2) is 9.97 Å². The van der Waals surface area contributed by atoms with Crippen LogP contribution in [-0.4, -0.2) is 21.5 Å². The first kappa shape index (κ1) is 11.9. The monoisotopic (exact) mass is 329 g/mol. The number of ether oxygens (including phenoxy) is 1. The molecular weight excluding hydrogens is 318 g/mol. The van der Waals surface area contributed by atoms with Gasteiger partial charge in [0.15, 0.2) is 0 Å². The number of aromatic nitrogens is 3. The van der Waals surface area contributed by atoms with Crippen LogP contribution in [0.3, 0.4) is 0 Å². The van der Waals surface area contributed by atoms with Gasteiger partial charge < -0.3 is 4.74 Å². The maximum Gasteiger partial charge on any atom is 0.234 e. The summed E-state index contributed by atoms with van der Waals surface area (Å²) in [6, 6.07) is 6.18. The largest absolute Gasteiger partial charge is 0.497 e. The van der Waals surface area contributed by atoms with E-state index in [0.717, 1.165) is 34.5 Å². The van der Waals surface area contributed by atoms with E-state index in [0.29, 0.717) is 0 Å². The Bertz CT molecular complexity index is 825. The number of halogens is 1. The summed E-state index contributed by atoms with van der Waals surface area (Å²) in [4.78, 5) is 9.05. The minimum Gasteiger partial charge on any atom is -0.497 e. The second kappa shape index (κ2) is 4.31. The zero-order chi connectivity index (χ0) is 13.7. The number of hydrogen-bond acceptors (Lipinski definition) is 3. The van der Waals surface area contributed by atoms with Crippen LogP contribution in [0.1, 0.15) is 11.3 Å². The van der Waals surface area contributed by atoms with Crippen molar-refractivity contribution in [1.82, 2.24) is 14.4 Å². The van der Waals surface area contributed by atoms with Crippen molar-refractivity contribution in [3.05, 3.63) is 46.3 Å². The SMILES string of the molecule is COc1ccc2c(c1)CCc1c-2nc2ncc(Br)cn12. The van der Waals surface area contributed by atoms with Crippen molar-refractivity contribution in [2.45, 2.75) is 12.8 Å². The molecule has 0 atom stereocenters. The number of imidazole rings is 1. The van der Waals surface area contributed by atoms with Crippen molar-refractivity contribution in [1.29, 1.82) is 0 Å². The normalized spacial score (nSPS) is 13.1. The van der Waals surface area contributed by atoms with Gasteiger partial charge in [-0.05, 0) is 52.5 Å². The lowest BCUT2D eigenvalue weighted by Gasteiger charge is -2.16. The van der Waals surface area contributed by atoms with Crippen molar-refractivity contribution in [2.75, 3.05) is 7.11 Å². The van der Waals surface area contributed by atoms with Crippen molar-refractivity contribution in [3.63, 3.8) is 0 Å². The van der Waals surface area contributed by atoms with E-state index in [1.54, 1.807) is 13.3 Å². The summed E-state index contributed by atoms with van der Waals surface area (Å²) in [6.45, 7) is 0. The number of aryl methyl sites for hydroxylation is 2. The molecule has 0 amide bonds. The van der Waals surface area contributed by atoms with Crippen molar-refractivity contribution < 1.29 is 4.74 Å². The summed E-state index contributed by atoms with van der Waals surface area (Å²) in [5.74, 6) is 1.65. The van der Waals surface area contributed by atoms with Crippen LogP contribution < -0.4 is 4.74 Å². The molecule has 100 valence electrons. The second-order valence-electron chi connectivity index (χ2n) is 4.87. The van der Waals surface area contributed by atoms with Crippen LogP contribution in [-0.2, 0) is 12.8 Å². The fraction of sp³-hybridized carbons (Fsp3) is 0.200. The number of rotatable bonds is 1. The average Bonchev–Trinajstić information content (AvgIpc) is 2.84. The first-order chi connectivity index (χ1) is 9.76. The molecule has 0 unspecified atom stereocenters. The molecule has 0 fully saturated rings. The summed E-state index contributed by atoms with van der Waals surface area (Å²) in [6.07, 6.45) is 5.78. The third-order valence-corrected chi connectivity index (χ3v) is 4.16. The van der Waals surface area contributed by atoms with Gasteiger partial charge >= 0.3 is 0 Å². The van der Waals surface area contributed by atoms with Crippen molar-refractivity contribution in [3.8, 4) is 17.0 Å². The topological polar surface area (TPSA) is 39.4 Å². The third kappa shape index (κ3) is 1.66. The maximum atomic E-state index is 5.30. The minimum atomic E-state index is 0.752. The Labute approximate surface area is 124 Å². The molecule has 0 bridgehead atoms. The highest BCUT2D eigenvalue weighted by Crippen LogP contribution is 2.35. The van der Waals surface area contributed by atoms with E-state index in [9.17, 15) is 0 Å². The lowest BCUT2D eigenvalue weighted by atomic mass is 9.92. The molecule has 1 aliphatic carbocycles. The lowest BCUT2D eigenvalue weighted by Crippen LogP contribution is -2.05. The molecule has 3 aromatic rings. The molecule has 5 heteroatoms. The molecule has 0 saturated heterocycles. The van der Waals surface area contributed by atoms with E-state index in [-0.39, 0.29) is 0 Å². The van der Waals surface area contributed by atoms with E-state index in [1.165, 1.54) is 16.8 Å². The van der Waals surface area contributed by atoms with Gasteiger partial charge in [0.25, 0.3) is 0 Å². The summed E-state index contributed by atoms with van der Waals surface area (Å²) in [7, 11) is 1.70. The highest BCUT2D eigenvalue weighted by molar-refractivity contribution is 9.10. The van der Waals surface area contributed by atoms with Gasteiger partial charge in [0.1, 0.15) is 5.75 Å². The Balaban J connectivity index is 1.98. The Kier molecular flexibility index (Phi) is 2.57. The van der Waals surface area contributed by atoms with Crippen LogP contribution in [0.25, 0.3) is 17.0 Å². The fourth-order valence-electron chi connectivity index (χ4n) is 2.80. The van der Waals surface area contributed by atoms with E-state index in [1.807, 2.05) is 12.3 Å². The number of fused-ring (bicyclic) bond motifs is 5. The van der Waals surface area contributed by atoms with Crippen LogP contribution in [0.15, 0.2) is 35.1 Å². The Morgan fingerprint density at radius 2 is 2.20 bits per heavy atom. The number of benzene rings is 1. The maximum absolute atomic E-state index is 5.30. The molecule has 2 heterocycles. The number of methoxy groups -OCH3 is 1. The minimum absolute atomic E-state index is 0.752. The second-order valence-corrected chi connectivity index (χ2v) is 5.79. The molecule has 0 radical (unpaired) electrons. The molecule has 1 aromatic carbocycles. The molecule has 0 N–H and O–H groups in total. The quantitative estimate of drug-likeness (QED) is 0.687. The fourth-order valence-corrected chi connectivity index (χ4v) is 3.11. The average molecular weight is 330 g/mol. The third-order valence-electron chi connectivity index (χ3n) is 3.75. The lowest BCUT2D eigenvalue weighted by molar-refractivity contribution is 0.414. The van der Waals surface area contributed by atoms with Crippen LogP contribution in [0.2, 0.25) is 0 Å². The summed E-state index contributed by atoms with van der Waals surface area (Å²) < 4.78 is 8.34. The van der Waals surface area contributed by atoms with E-state index in [4.69, 9.17) is 4.74 Å². The van der Waals surface area contributed by atoms with Gasteiger partial charge in [0.2, 0.25) is 5.78 Å². The van der Waals surface area contributed by atoms with Crippen LogP contribution >= 0.6 is 15.9 Å². The zero-order valence-electron chi connectivity index (χ0n) is 10.9. The molecule has 1 aliphatic rings. The summed E-state index contributed by atoms with van der Waals surface area (Å²) >= 11 is 3.47. The molecule has 20 heavy (non-hydrogen) atoms. The van der Waals surface area contributed by atoms with E-state index in [2.05, 4.69) is 42.4 Å². The standard InChI is InChI=1S/C15H12BrN3O/c1-20-11-3-4-12-9(6-11)2-5-13-14(12)18-15-17-7-10(16)8-19(13)15/h3-4,6-8H,2,5H2,1H3. The van der Waals surface area contributed by atoms with Crippen molar-refractivity contribution >= 4 is 21.7 Å². The number of nitrogens with zero attached hydrogens (tertiary/aromatic N) is 3.